The SMILES string of the molecule is CCCNC(Cc1ccc(Cl)cc1)c1ccsc1. The Morgan fingerprint density at radius 2 is 2.00 bits per heavy atom. The van der Waals surface area contributed by atoms with Crippen LogP contribution in [0.1, 0.15) is 30.5 Å². The molecule has 2 rings (SSSR count). The first-order valence-corrected chi connectivity index (χ1v) is 7.61. The maximum Gasteiger partial charge on any atom is 0.0406 e. The Kier molecular flexibility index (Phi) is 5.24. The van der Waals surface area contributed by atoms with Crippen molar-refractivity contribution in [2.45, 2.75) is 25.8 Å². The number of rotatable bonds is 6. The van der Waals surface area contributed by atoms with E-state index in [9.17, 15) is 0 Å². The zero-order valence-electron chi connectivity index (χ0n) is 10.5. The predicted octanol–water partition coefficient (Wildman–Crippen LogP) is 4.68. The van der Waals surface area contributed by atoms with Gasteiger partial charge in [-0.2, -0.15) is 11.3 Å². The van der Waals surface area contributed by atoms with Gasteiger partial charge in [0.1, 0.15) is 0 Å². The molecule has 0 aliphatic carbocycles. The van der Waals surface area contributed by atoms with E-state index in [2.05, 4.69) is 41.2 Å². The average molecular weight is 280 g/mol. The molecule has 0 spiro atoms. The smallest absolute Gasteiger partial charge is 0.0406 e. The third kappa shape index (κ3) is 3.84. The molecule has 1 heterocycles. The summed E-state index contributed by atoms with van der Waals surface area (Å²) >= 11 is 7.67. The highest BCUT2D eigenvalue weighted by atomic mass is 35.5. The first kappa shape index (κ1) is 13.6. The first-order chi connectivity index (χ1) is 8.79. The summed E-state index contributed by atoms with van der Waals surface area (Å²) in [5.74, 6) is 0. The van der Waals surface area contributed by atoms with Gasteiger partial charge in [0.25, 0.3) is 0 Å². The molecule has 0 radical (unpaired) electrons. The van der Waals surface area contributed by atoms with Gasteiger partial charge < -0.3 is 5.32 Å². The summed E-state index contributed by atoms with van der Waals surface area (Å²) < 4.78 is 0. The normalized spacial score (nSPS) is 12.6. The van der Waals surface area contributed by atoms with Crippen LogP contribution in [0.3, 0.4) is 0 Å². The lowest BCUT2D eigenvalue weighted by Gasteiger charge is -2.17. The second kappa shape index (κ2) is 6.93. The highest BCUT2D eigenvalue weighted by molar-refractivity contribution is 7.07. The molecule has 1 unspecified atom stereocenters. The van der Waals surface area contributed by atoms with Gasteiger partial charge in [-0.25, -0.2) is 0 Å². The molecule has 1 aromatic carbocycles. The highest BCUT2D eigenvalue weighted by Gasteiger charge is 2.11. The zero-order valence-corrected chi connectivity index (χ0v) is 12.1. The molecule has 0 aliphatic rings. The van der Waals surface area contributed by atoms with E-state index in [0.29, 0.717) is 6.04 Å². The number of hydrogen-bond acceptors (Lipinski definition) is 2. The number of benzene rings is 1. The first-order valence-electron chi connectivity index (χ1n) is 6.29. The van der Waals surface area contributed by atoms with Gasteiger partial charge in [-0.05, 0) is 59.5 Å². The van der Waals surface area contributed by atoms with Crippen molar-refractivity contribution < 1.29 is 0 Å². The minimum atomic E-state index is 0.400. The van der Waals surface area contributed by atoms with Gasteiger partial charge >= 0.3 is 0 Å². The van der Waals surface area contributed by atoms with Crippen molar-refractivity contribution in [3.05, 3.63) is 57.2 Å². The molecule has 3 heteroatoms. The molecule has 0 fully saturated rings. The van der Waals surface area contributed by atoms with E-state index >= 15 is 0 Å². The molecule has 2 aromatic rings. The lowest BCUT2D eigenvalue weighted by Crippen LogP contribution is -2.23. The van der Waals surface area contributed by atoms with Gasteiger partial charge in [0, 0.05) is 11.1 Å². The maximum absolute atomic E-state index is 5.92. The van der Waals surface area contributed by atoms with Gasteiger partial charge in [0.05, 0.1) is 0 Å². The van der Waals surface area contributed by atoms with Crippen molar-refractivity contribution in [1.29, 1.82) is 0 Å². The Bertz CT molecular complexity index is 450. The van der Waals surface area contributed by atoms with Crippen LogP contribution in [0.25, 0.3) is 0 Å². The summed E-state index contributed by atoms with van der Waals surface area (Å²) in [5, 5.41) is 8.77. The molecule has 1 atom stereocenters. The summed E-state index contributed by atoms with van der Waals surface area (Å²) in [6.45, 7) is 3.24. The minimum absolute atomic E-state index is 0.400. The summed E-state index contributed by atoms with van der Waals surface area (Å²) in [6, 6.07) is 10.7. The Morgan fingerprint density at radius 1 is 1.22 bits per heavy atom. The van der Waals surface area contributed by atoms with E-state index in [1.54, 1.807) is 11.3 Å². The van der Waals surface area contributed by atoms with Crippen molar-refractivity contribution in [3.8, 4) is 0 Å². The summed E-state index contributed by atoms with van der Waals surface area (Å²) in [7, 11) is 0. The maximum atomic E-state index is 5.92. The second-order valence-corrected chi connectivity index (χ2v) is 5.61. The summed E-state index contributed by atoms with van der Waals surface area (Å²) in [6.07, 6.45) is 2.16. The van der Waals surface area contributed by atoms with Crippen LogP contribution in [0.4, 0.5) is 0 Å². The molecule has 0 aliphatic heterocycles. The fourth-order valence-electron chi connectivity index (χ4n) is 1.96. The van der Waals surface area contributed by atoms with Crippen LogP contribution >= 0.6 is 22.9 Å². The van der Waals surface area contributed by atoms with E-state index in [0.717, 1.165) is 24.4 Å². The lowest BCUT2D eigenvalue weighted by molar-refractivity contribution is 0.530. The van der Waals surface area contributed by atoms with Crippen molar-refractivity contribution >= 4 is 22.9 Å². The standard InChI is InChI=1S/C15H18ClNS/c1-2-8-17-15(13-7-9-18-11-13)10-12-3-5-14(16)6-4-12/h3-7,9,11,15,17H,2,8,10H2,1H3. The fourth-order valence-corrected chi connectivity index (χ4v) is 2.80. The summed E-state index contributed by atoms with van der Waals surface area (Å²) in [5.41, 5.74) is 2.70. The van der Waals surface area contributed by atoms with Crippen molar-refractivity contribution in [1.82, 2.24) is 5.32 Å². The Morgan fingerprint density at radius 3 is 2.61 bits per heavy atom. The van der Waals surface area contributed by atoms with Crippen molar-refractivity contribution in [2.24, 2.45) is 0 Å². The molecule has 18 heavy (non-hydrogen) atoms. The quantitative estimate of drug-likeness (QED) is 0.809. The molecular weight excluding hydrogens is 262 g/mol. The average Bonchev–Trinajstić information content (AvgIpc) is 2.90. The van der Waals surface area contributed by atoms with Crippen LogP contribution in [-0.2, 0) is 6.42 Å². The van der Waals surface area contributed by atoms with Crippen LogP contribution in [-0.4, -0.2) is 6.54 Å². The lowest BCUT2D eigenvalue weighted by atomic mass is 10.0. The van der Waals surface area contributed by atoms with E-state index in [4.69, 9.17) is 11.6 Å². The van der Waals surface area contributed by atoms with Crippen LogP contribution < -0.4 is 5.32 Å². The van der Waals surface area contributed by atoms with E-state index in [-0.39, 0.29) is 0 Å². The molecule has 96 valence electrons. The Balaban J connectivity index is 2.07. The van der Waals surface area contributed by atoms with E-state index in [1.807, 2.05) is 12.1 Å². The van der Waals surface area contributed by atoms with Gasteiger partial charge in [-0.3, -0.25) is 0 Å². The van der Waals surface area contributed by atoms with E-state index in [1.165, 1.54) is 11.1 Å². The molecule has 0 saturated carbocycles. The molecular formula is C15H18ClNS. The number of hydrogen-bond donors (Lipinski definition) is 1. The summed E-state index contributed by atoms with van der Waals surface area (Å²) in [4.78, 5) is 0. The van der Waals surface area contributed by atoms with Crippen LogP contribution in [0.15, 0.2) is 41.1 Å². The molecule has 0 amide bonds. The number of halogens is 1. The van der Waals surface area contributed by atoms with Crippen molar-refractivity contribution in [3.63, 3.8) is 0 Å². The van der Waals surface area contributed by atoms with Crippen LogP contribution in [0.5, 0.6) is 0 Å². The highest BCUT2D eigenvalue weighted by Crippen LogP contribution is 2.21. The van der Waals surface area contributed by atoms with Gasteiger partial charge in [0.2, 0.25) is 0 Å². The molecule has 0 bridgehead atoms. The monoisotopic (exact) mass is 279 g/mol. The second-order valence-electron chi connectivity index (χ2n) is 4.39. The number of thiophene rings is 1. The molecule has 1 nitrogen and oxygen atoms in total. The van der Waals surface area contributed by atoms with Crippen LogP contribution in [0, 0.1) is 0 Å². The van der Waals surface area contributed by atoms with Gasteiger partial charge in [-0.15, -0.1) is 0 Å². The van der Waals surface area contributed by atoms with Crippen LogP contribution in [0.2, 0.25) is 5.02 Å². The number of nitrogens with one attached hydrogen (secondary N) is 1. The largest absolute Gasteiger partial charge is 0.310 e. The van der Waals surface area contributed by atoms with Gasteiger partial charge in [0.15, 0.2) is 0 Å². The minimum Gasteiger partial charge on any atom is -0.310 e. The predicted molar refractivity (Wildman–Crippen MR) is 80.5 cm³/mol. The topological polar surface area (TPSA) is 12.0 Å². The molecule has 0 saturated heterocycles. The van der Waals surface area contributed by atoms with Crippen molar-refractivity contribution in [2.75, 3.05) is 6.54 Å². The Hall–Kier alpha value is -0.830. The third-order valence-corrected chi connectivity index (χ3v) is 3.89. The van der Waals surface area contributed by atoms with Gasteiger partial charge in [-0.1, -0.05) is 30.7 Å². The van der Waals surface area contributed by atoms with E-state index < -0.39 is 0 Å². The molecule has 1 N–H and O–H groups in total. The zero-order chi connectivity index (χ0) is 12.8. The fraction of sp³-hybridized carbons (Fsp3) is 0.333. The Labute approximate surface area is 118 Å². The molecule has 1 aromatic heterocycles. The third-order valence-electron chi connectivity index (χ3n) is 2.94.